The third kappa shape index (κ3) is 5.20. The van der Waals surface area contributed by atoms with Crippen molar-refractivity contribution >= 4 is 71.7 Å². The molecule has 0 bridgehead atoms. The summed E-state index contributed by atoms with van der Waals surface area (Å²) in [6.45, 7) is 0. The first kappa shape index (κ1) is 12.6. The molecule has 258 valence electrons. The normalized spacial score (nSPS) is 20.0. The predicted molar refractivity (Wildman–Crippen MR) is 229 cm³/mol. The van der Waals surface area contributed by atoms with Crippen molar-refractivity contribution in [2.75, 3.05) is 4.90 Å². The van der Waals surface area contributed by atoms with Gasteiger partial charge in [-0.05, 0) is 81.5 Å². The molecule has 11 aromatic rings. The molecule has 3 nitrogen and oxygen atoms in total. The number of rotatable bonds is 6. The summed E-state index contributed by atoms with van der Waals surface area (Å²) in [6, 6.07) is -33.7. The van der Waals surface area contributed by atoms with Crippen LogP contribution in [0, 0.1) is 0 Å². The molecule has 2 heterocycles. The van der Waals surface area contributed by atoms with Gasteiger partial charge in [0.15, 0.2) is 0 Å². The van der Waals surface area contributed by atoms with Crippen LogP contribution < -0.4 is 4.90 Å². The van der Waals surface area contributed by atoms with Crippen LogP contribution in [0.3, 0.4) is 0 Å². The van der Waals surface area contributed by atoms with Gasteiger partial charge in [0.25, 0.3) is 0 Å². The molecule has 3 heteroatoms. The molecular formula is C52H33NO2. The number of fused-ring (bicyclic) bond motifs is 8. The van der Waals surface area contributed by atoms with Crippen LogP contribution in [0.1, 0.15) is 45.2 Å². The van der Waals surface area contributed by atoms with Crippen molar-refractivity contribution in [3.63, 3.8) is 0 Å². The molecule has 55 heavy (non-hydrogen) atoms. The Morgan fingerprint density at radius 3 is 1.58 bits per heavy atom. The van der Waals surface area contributed by atoms with Gasteiger partial charge in [-0.15, -0.1) is 0 Å². The minimum Gasteiger partial charge on any atom is -0.456 e. The van der Waals surface area contributed by atoms with Gasteiger partial charge in [0.1, 0.15) is 22.3 Å². The molecule has 0 spiro atoms. The van der Waals surface area contributed by atoms with E-state index in [4.69, 9.17) is 33.5 Å². The van der Waals surface area contributed by atoms with Crippen molar-refractivity contribution in [1.29, 1.82) is 0 Å². The average Bonchev–Trinajstić information content (AvgIpc) is 1.39. The molecule has 0 amide bonds. The van der Waals surface area contributed by atoms with E-state index in [-0.39, 0.29) is 0 Å². The quantitative estimate of drug-likeness (QED) is 0.170. The van der Waals surface area contributed by atoms with Crippen LogP contribution in [-0.2, 0) is 0 Å². The Labute approximate surface area is 364 Å². The maximum absolute atomic E-state index is 9.94. The summed E-state index contributed by atoms with van der Waals surface area (Å²) in [7, 11) is 0. The highest BCUT2D eigenvalue weighted by Crippen LogP contribution is 2.44. The second-order valence-electron chi connectivity index (χ2n) is 11.5. The van der Waals surface area contributed by atoms with E-state index < -0.39 is 304 Å². The number of benzene rings is 9. The van der Waals surface area contributed by atoms with E-state index in [0.29, 0.717) is 4.90 Å². The highest BCUT2D eigenvalue weighted by Gasteiger charge is 2.19. The molecule has 0 aliphatic heterocycles. The number of anilines is 3. The van der Waals surface area contributed by atoms with Gasteiger partial charge in [-0.3, -0.25) is 0 Å². The molecular weight excluding hydrogens is 671 g/mol. The summed E-state index contributed by atoms with van der Waals surface area (Å²) >= 11 is 0. The average molecular weight is 737 g/mol. The van der Waals surface area contributed by atoms with Crippen molar-refractivity contribution in [2.45, 2.75) is 0 Å². The standard InChI is InChI=1S/C52H33NO2/c1-3-12-34(13-4-1)35-22-26-38(27-23-35)53(40-30-31-44-43-17-9-10-21-49(43)54-50(44)32-40)39-28-24-37(25-29-39)47-33-48-46-20-11-19-41(36-14-5-2-6-15-36)51(46)55-52(48)45-18-8-7-16-42(45)47/h1-33H/i1D,2D,3D,4D,5D,6D,7D,8D,9D,10D,11D,12D,13D,14D,15D,16D,17D,18D,19D,20D,21D,22D,23D,24D,25D,26D,27D,28D,29D,30D,31D,32D,33D. The Kier molecular flexibility index (Phi) is 2.90. The lowest BCUT2D eigenvalue weighted by molar-refractivity contribution is 0.669. The van der Waals surface area contributed by atoms with Gasteiger partial charge >= 0.3 is 0 Å². The van der Waals surface area contributed by atoms with Crippen LogP contribution in [0.25, 0.3) is 88.0 Å². The number of nitrogens with zero attached hydrogens (tertiary/aromatic N) is 1. The van der Waals surface area contributed by atoms with Crippen molar-refractivity contribution < 1.29 is 54.1 Å². The molecule has 9 aromatic carbocycles. The van der Waals surface area contributed by atoms with Crippen LogP contribution in [0.2, 0.25) is 0 Å². The van der Waals surface area contributed by atoms with Crippen molar-refractivity contribution in [3.05, 3.63) is 199 Å². The van der Waals surface area contributed by atoms with Crippen molar-refractivity contribution in [3.8, 4) is 33.4 Å². The summed E-state index contributed by atoms with van der Waals surface area (Å²) in [5.41, 5.74) is -11.3. The molecule has 0 aliphatic rings. The predicted octanol–water partition coefficient (Wildman–Crippen LogP) is 15.1. The third-order valence-corrected chi connectivity index (χ3v) is 8.44. The second kappa shape index (κ2) is 12.6. The SMILES string of the molecule is [2H]c1c([2H])c([2H])c(-c2c([2H])c([2H])c(N(c3c([2H])c([2H])c(-c4c([2H])c5c(oc6c(-c7c([2H])c([2H])c([2H])c([2H])c7[2H])c([2H])c([2H])c([2H])c65)c5c([2H])c([2H])c([2H])c([2H])c45)c([2H])c3[2H])c3c([2H])c([2H])c4c(oc5c([2H])c([2H])c([2H])c([2H])c54)c3[2H])c([2H])c2[2H])c([2H])c1[2H]. The van der Waals surface area contributed by atoms with E-state index in [1.807, 2.05) is 0 Å². The van der Waals surface area contributed by atoms with Gasteiger partial charge in [-0.25, -0.2) is 0 Å². The molecule has 0 unspecified atom stereocenters. The second-order valence-corrected chi connectivity index (χ2v) is 11.5. The van der Waals surface area contributed by atoms with Gasteiger partial charge < -0.3 is 13.7 Å². The minimum absolute atomic E-state index is 0.334. The van der Waals surface area contributed by atoms with Gasteiger partial charge in [-0.2, -0.15) is 0 Å². The fourth-order valence-corrected chi connectivity index (χ4v) is 6.03. The first-order valence-electron chi connectivity index (χ1n) is 32.5. The Bertz CT molecular complexity index is 5030. The van der Waals surface area contributed by atoms with Gasteiger partial charge in [0.05, 0.1) is 45.2 Å². The van der Waals surface area contributed by atoms with Crippen LogP contribution in [0.4, 0.5) is 17.1 Å². The number of hydrogen-bond donors (Lipinski definition) is 0. The lowest BCUT2D eigenvalue weighted by Crippen LogP contribution is -2.09. The maximum atomic E-state index is 9.94. The lowest BCUT2D eigenvalue weighted by atomic mass is 9.94. The lowest BCUT2D eigenvalue weighted by Gasteiger charge is -2.26. The Hall–Kier alpha value is -7.36. The number of hydrogen-bond acceptors (Lipinski definition) is 3. The monoisotopic (exact) mass is 736 g/mol. The summed E-state index contributed by atoms with van der Waals surface area (Å²) in [4.78, 5) is 0.334. The Balaban J connectivity index is 1.31. The molecule has 11 rings (SSSR count). The van der Waals surface area contributed by atoms with Gasteiger partial charge in [0.2, 0.25) is 0 Å². The fourth-order valence-electron chi connectivity index (χ4n) is 6.03. The number of para-hydroxylation sites is 2. The zero-order valence-corrected chi connectivity index (χ0v) is 27.3. The summed E-state index contributed by atoms with van der Waals surface area (Å²) in [5.74, 6) is 0. The first-order valence-corrected chi connectivity index (χ1v) is 16.0. The molecule has 0 N–H and O–H groups in total. The van der Waals surface area contributed by atoms with Gasteiger partial charge in [-0.1, -0.05) is 145 Å². The molecule has 0 saturated carbocycles. The molecule has 0 radical (unpaired) electrons. The fraction of sp³-hybridized carbons (Fsp3) is 0. The topological polar surface area (TPSA) is 29.5 Å². The zero-order valence-electron chi connectivity index (χ0n) is 60.3. The molecule has 0 saturated heterocycles. The molecule has 0 aliphatic carbocycles. The zero-order chi connectivity index (χ0) is 65.0. The number of furan rings is 2. The molecule has 2 aromatic heterocycles. The van der Waals surface area contributed by atoms with E-state index in [9.17, 15) is 20.6 Å². The third-order valence-electron chi connectivity index (χ3n) is 8.44. The van der Waals surface area contributed by atoms with E-state index in [2.05, 4.69) is 0 Å². The Morgan fingerprint density at radius 1 is 0.309 bits per heavy atom. The highest BCUT2D eigenvalue weighted by atomic mass is 16.3. The highest BCUT2D eigenvalue weighted by molar-refractivity contribution is 6.20. The van der Waals surface area contributed by atoms with E-state index >= 15 is 0 Å². The van der Waals surface area contributed by atoms with E-state index in [1.165, 1.54) is 0 Å². The minimum atomic E-state index is -1.33. The summed E-state index contributed by atoms with van der Waals surface area (Å²) in [6.07, 6.45) is 0. The smallest absolute Gasteiger partial charge is 0.143 e. The van der Waals surface area contributed by atoms with Crippen LogP contribution in [0.5, 0.6) is 0 Å². The van der Waals surface area contributed by atoms with E-state index in [0.717, 1.165) is 0 Å². The van der Waals surface area contributed by atoms with Crippen LogP contribution in [-0.4, -0.2) is 0 Å². The van der Waals surface area contributed by atoms with Crippen molar-refractivity contribution in [1.82, 2.24) is 0 Å². The largest absolute Gasteiger partial charge is 0.456 e. The first-order chi connectivity index (χ1) is 41.0. The van der Waals surface area contributed by atoms with Gasteiger partial charge in [0, 0.05) is 55.6 Å². The molecule has 0 fully saturated rings. The van der Waals surface area contributed by atoms with Crippen LogP contribution in [0.15, 0.2) is 208 Å². The van der Waals surface area contributed by atoms with Crippen LogP contribution >= 0.6 is 0 Å². The van der Waals surface area contributed by atoms with E-state index in [1.54, 1.807) is 0 Å². The summed E-state index contributed by atoms with van der Waals surface area (Å²) in [5, 5.41) is -3.78. The van der Waals surface area contributed by atoms with Crippen molar-refractivity contribution in [2.24, 2.45) is 0 Å². The summed E-state index contributed by atoms with van der Waals surface area (Å²) < 4.78 is 309. The maximum Gasteiger partial charge on any atom is 0.143 e. The molecule has 0 atom stereocenters. The Morgan fingerprint density at radius 2 is 0.836 bits per heavy atom.